The highest BCUT2D eigenvalue weighted by molar-refractivity contribution is 5.32. The van der Waals surface area contributed by atoms with Crippen LogP contribution in [-0.2, 0) is 16.2 Å². The molecule has 0 aliphatic heterocycles. The molecule has 0 N–H and O–H groups in total. The highest BCUT2D eigenvalue weighted by Gasteiger charge is 2.26. The molecule has 3 aromatic rings. The van der Waals surface area contributed by atoms with E-state index in [9.17, 15) is 0 Å². The summed E-state index contributed by atoms with van der Waals surface area (Å²) in [5.41, 5.74) is 5.58. The van der Waals surface area contributed by atoms with Crippen LogP contribution >= 0.6 is 0 Å². The van der Waals surface area contributed by atoms with E-state index in [-0.39, 0.29) is 10.8 Å². The van der Waals surface area contributed by atoms with Crippen molar-refractivity contribution in [3.8, 4) is 23.8 Å². The Labute approximate surface area is 285 Å². The SMILES string of the molecule is C#CCOc1ccc(C(C)(C)C)cc1.C=CCOc1ccc(C(C)(C)C)cc1.CC(C)(C)C(C)(C)C.CC(C)(C)c1ccccc1. The van der Waals surface area contributed by atoms with Gasteiger partial charge >= 0.3 is 0 Å². The average Bonchev–Trinajstić information content (AvgIpc) is 2.94. The van der Waals surface area contributed by atoms with Crippen molar-refractivity contribution < 1.29 is 9.47 Å². The van der Waals surface area contributed by atoms with Gasteiger partial charge in [0.2, 0.25) is 0 Å². The first kappa shape index (κ1) is 42.6. The Morgan fingerprint density at radius 2 is 0.848 bits per heavy atom. The molecule has 0 heterocycles. The number of hydrogen-bond acceptors (Lipinski definition) is 2. The molecule has 3 rings (SSSR count). The Hall–Kier alpha value is -3.44. The Kier molecular flexibility index (Phi) is 17.2. The smallest absolute Gasteiger partial charge is 0.148 e. The standard InChI is InChI=1S/C13H18O.C13H16O.C10H14.C8H18/c2*1-5-10-14-12-8-6-11(7-9-12)13(2,3)4;1-10(2,3)9-7-5-4-6-8-9;1-7(2,3)8(4,5)6/h5-9H,1,10H2,2-4H3;1,6-9H,10H2,2-4H3;4-8H,1-3H3;1-6H3. The van der Waals surface area contributed by atoms with Crippen LogP contribution in [0.5, 0.6) is 11.5 Å². The third-order valence-electron chi connectivity index (χ3n) is 8.02. The number of ether oxygens (including phenoxy) is 2. The van der Waals surface area contributed by atoms with Gasteiger partial charge in [-0.3, -0.25) is 0 Å². The molecule has 0 unspecified atom stereocenters. The molecule has 0 aliphatic carbocycles. The van der Waals surface area contributed by atoms with Crippen LogP contribution in [0.25, 0.3) is 0 Å². The van der Waals surface area contributed by atoms with E-state index in [0.717, 1.165) is 11.5 Å². The molecular formula is C44H66O2. The maximum Gasteiger partial charge on any atom is 0.148 e. The zero-order chi connectivity index (χ0) is 35.8. The van der Waals surface area contributed by atoms with Gasteiger partial charge in [0.05, 0.1) is 0 Å². The third kappa shape index (κ3) is 17.9. The minimum absolute atomic E-state index is 0.185. The molecule has 0 amide bonds. The predicted octanol–water partition coefficient (Wildman–Crippen LogP) is 12.6. The Balaban J connectivity index is 0.000000602. The predicted molar refractivity (Wildman–Crippen MR) is 204 cm³/mol. The van der Waals surface area contributed by atoms with Gasteiger partial charge in [-0.1, -0.05) is 177 Å². The monoisotopic (exact) mass is 627 g/mol. The van der Waals surface area contributed by atoms with Crippen LogP contribution in [0.3, 0.4) is 0 Å². The molecule has 254 valence electrons. The van der Waals surface area contributed by atoms with Crippen molar-refractivity contribution in [2.75, 3.05) is 13.2 Å². The molecular weight excluding hydrogens is 560 g/mol. The normalized spacial score (nSPS) is 11.6. The second-order valence-electron chi connectivity index (χ2n) is 16.8. The van der Waals surface area contributed by atoms with Crippen molar-refractivity contribution >= 4 is 0 Å². The fourth-order valence-corrected chi connectivity index (χ4v) is 3.32. The molecule has 0 spiro atoms. The Morgan fingerprint density at radius 3 is 1.11 bits per heavy atom. The average molecular weight is 627 g/mol. The van der Waals surface area contributed by atoms with Crippen LogP contribution in [0.2, 0.25) is 0 Å². The molecule has 2 nitrogen and oxygen atoms in total. The van der Waals surface area contributed by atoms with Crippen LogP contribution in [-0.4, -0.2) is 13.2 Å². The van der Waals surface area contributed by atoms with Crippen molar-refractivity contribution in [2.24, 2.45) is 10.8 Å². The van der Waals surface area contributed by atoms with E-state index in [1.54, 1.807) is 6.08 Å². The van der Waals surface area contributed by atoms with E-state index in [1.807, 2.05) is 24.3 Å². The summed E-state index contributed by atoms with van der Waals surface area (Å²) in [5, 5.41) is 0. The fourth-order valence-electron chi connectivity index (χ4n) is 3.32. The van der Waals surface area contributed by atoms with E-state index in [2.05, 4.69) is 171 Å². The van der Waals surface area contributed by atoms with Crippen LogP contribution in [0.4, 0.5) is 0 Å². The van der Waals surface area contributed by atoms with Gasteiger partial charge in [0.1, 0.15) is 24.7 Å². The van der Waals surface area contributed by atoms with E-state index in [4.69, 9.17) is 15.9 Å². The molecule has 0 atom stereocenters. The quantitative estimate of drug-likeness (QED) is 0.207. The summed E-state index contributed by atoms with van der Waals surface area (Å²) in [6.07, 6.45) is 6.85. The van der Waals surface area contributed by atoms with Crippen molar-refractivity contribution in [2.45, 2.75) is 120 Å². The molecule has 0 saturated heterocycles. The Morgan fingerprint density at radius 1 is 0.522 bits per heavy atom. The van der Waals surface area contributed by atoms with Crippen molar-refractivity contribution in [1.82, 2.24) is 0 Å². The third-order valence-corrected chi connectivity index (χ3v) is 8.02. The summed E-state index contributed by atoms with van der Waals surface area (Å²) in [6, 6.07) is 26.8. The lowest BCUT2D eigenvalue weighted by molar-refractivity contribution is 0.157. The van der Waals surface area contributed by atoms with Crippen molar-refractivity contribution in [3.05, 3.63) is 108 Å². The number of benzene rings is 3. The van der Waals surface area contributed by atoms with E-state index >= 15 is 0 Å². The van der Waals surface area contributed by atoms with Crippen LogP contribution in [0.15, 0.2) is 91.5 Å². The highest BCUT2D eigenvalue weighted by atomic mass is 16.5. The zero-order valence-corrected chi connectivity index (χ0v) is 32.1. The van der Waals surface area contributed by atoms with Crippen LogP contribution in [0.1, 0.15) is 121 Å². The molecule has 0 fully saturated rings. The van der Waals surface area contributed by atoms with E-state index in [0.29, 0.717) is 29.5 Å². The van der Waals surface area contributed by atoms with E-state index in [1.165, 1.54) is 16.7 Å². The van der Waals surface area contributed by atoms with Gasteiger partial charge in [-0.2, -0.15) is 0 Å². The first-order chi connectivity index (χ1) is 20.9. The summed E-state index contributed by atoms with van der Waals surface area (Å²) in [4.78, 5) is 0. The highest BCUT2D eigenvalue weighted by Crippen LogP contribution is 2.36. The number of hydrogen-bond donors (Lipinski definition) is 0. The number of terminal acetylenes is 1. The number of rotatable bonds is 5. The Bertz CT molecular complexity index is 1260. The summed E-state index contributed by atoms with van der Waals surface area (Å²) in [7, 11) is 0. The van der Waals surface area contributed by atoms with Gasteiger partial charge < -0.3 is 9.47 Å². The van der Waals surface area contributed by atoms with Crippen molar-refractivity contribution in [3.63, 3.8) is 0 Å². The molecule has 0 aromatic heterocycles. The molecule has 0 aliphatic rings. The lowest BCUT2D eigenvalue weighted by Crippen LogP contribution is -2.25. The largest absolute Gasteiger partial charge is 0.490 e. The summed E-state index contributed by atoms with van der Waals surface area (Å²) >= 11 is 0. The fraction of sp³-hybridized carbons (Fsp3) is 0.500. The summed E-state index contributed by atoms with van der Waals surface area (Å²) in [5.74, 6) is 4.17. The van der Waals surface area contributed by atoms with Gasteiger partial charge in [-0.05, 0) is 68.0 Å². The first-order valence-electron chi connectivity index (χ1n) is 16.5. The van der Waals surface area contributed by atoms with E-state index < -0.39 is 0 Å². The lowest BCUT2D eigenvalue weighted by Gasteiger charge is -2.34. The van der Waals surface area contributed by atoms with Crippen molar-refractivity contribution in [1.29, 1.82) is 0 Å². The second kappa shape index (κ2) is 18.6. The van der Waals surface area contributed by atoms with Gasteiger partial charge in [-0.15, -0.1) is 6.42 Å². The van der Waals surface area contributed by atoms with Crippen LogP contribution in [0, 0.1) is 23.2 Å². The molecule has 2 heteroatoms. The zero-order valence-electron chi connectivity index (χ0n) is 32.1. The minimum atomic E-state index is 0.185. The summed E-state index contributed by atoms with van der Waals surface area (Å²) < 4.78 is 10.7. The lowest BCUT2D eigenvalue weighted by atomic mass is 9.71. The van der Waals surface area contributed by atoms with Gasteiger partial charge in [0.15, 0.2) is 0 Å². The first-order valence-corrected chi connectivity index (χ1v) is 16.5. The van der Waals surface area contributed by atoms with Gasteiger partial charge in [0, 0.05) is 0 Å². The molecule has 0 bridgehead atoms. The maximum absolute atomic E-state index is 5.40. The maximum atomic E-state index is 5.40. The topological polar surface area (TPSA) is 18.5 Å². The van der Waals surface area contributed by atoms with Crippen LogP contribution < -0.4 is 9.47 Å². The molecule has 0 saturated carbocycles. The van der Waals surface area contributed by atoms with Gasteiger partial charge in [0.25, 0.3) is 0 Å². The van der Waals surface area contributed by atoms with Gasteiger partial charge in [-0.25, -0.2) is 0 Å². The molecule has 0 radical (unpaired) electrons. The molecule has 3 aromatic carbocycles. The second-order valence-corrected chi connectivity index (χ2v) is 16.8. The summed E-state index contributed by atoms with van der Waals surface area (Å²) in [6.45, 7) is 38.0. The minimum Gasteiger partial charge on any atom is -0.490 e. The molecule has 46 heavy (non-hydrogen) atoms.